The Morgan fingerprint density at radius 3 is 2.41 bits per heavy atom. The first-order chi connectivity index (χ1) is 13.0. The van der Waals surface area contributed by atoms with Gasteiger partial charge in [0.05, 0.1) is 0 Å². The molecule has 0 bridgehead atoms. The van der Waals surface area contributed by atoms with Gasteiger partial charge in [0.25, 0.3) is 5.91 Å². The van der Waals surface area contributed by atoms with Gasteiger partial charge in [-0.05, 0) is 62.2 Å². The first kappa shape index (κ1) is 17.2. The molecule has 1 amide bonds. The van der Waals surface area contributed by atoms with Crippen LogP contribution in [0.5, 0.6) is 5.75 Å². The molecule has 136 valence electrons. The van der Waals surface area contributed by atoms with E-state index in [9.17, 15) is 4.79 Å². The number of carbonyl (C=O) groups is 1. The molecule has 4 rings (SSSR count). The van der Waals surface area contributed by atoms with Crippen LogP contribution in [0.25, 0.3) is 21.9 Å². The fourth-order valence-corrected chi connectivity index (χ4v) is 3.31. The Bertz CT molecular complexity index is 1120. The molecule has 1 atom stereocenters. The van der Waals surface area contributed by atoms with Gasteiger partial charge in [0.1, 0.15) is 16.9 Å². The van der Waals surface area contributed by atoms with Crippen LogP contribution in [0.15, 0.2) is 65.1 Å². The van der Waals surface area contributed by atoms with Gasteiger partial charge in [0.2, 0.25) is 0 Å². The molecule has 3 aromatic carbocycles. The number of aryl methyl sites for hydroxylation is 2. The number of furan rings is 1. The fraction of sp³-hybridized carbons (Fsp3) is 0.174. The van der Waals surface area contributed by atoms with E-state index in [4.69, 9.17) is 9.15 Å². The van der Waals surface area contributed by atoms with Crippen LogP contribution in [-0.2, 0) is 4.79 Å². The molecule has 4 nitrogen and oxygen atoms in total. The first-order valence-electron chi connectivity index (χ1n) is 8.97. The average molecular weight is 359 g/mol. The summed E-state index contributed by atoms with van der Waals surface area (Å²) >= 11 is 0. The van der Waals surface area contributed by atoms with E-state index in [0.717, 1.165) is 33.1 Å². The minimum absolute atomic E-state index is 0.204. The lowest BCUT2D eigenvalue weighted by Crippen LogP contribution is -2.30. The molecule has 27 heavy (non-hydrogen) atoms. The maximum Gasteiger partial charge on any atom is 0.265 e. The van der Waals surface area contributed by atoms with Gasteiger partial charge in [-0.1, -0.05) is 24.3 Å². The Hall–Kier alpha value is -3.27. The van der Waals surface area contributed by atoms with Crippen molar-refractivity contribution >= 4 is 33.5 Å². The Labute approximate surface area is 157 Å². The molecule has 1 N–H and O–H groups in total. The van der Waals surface area contributed by atoms with Crippen molar-refractivity contribution in [2.24, 2.45) is 0 Å². The smallest absolute Gasteiger partial charge is 0.265 e. The molecule has 0 spiro atoms. The number of benzene rings is 3. The predicted octanol–water partition coefficient (Wildman–Crippen LogP) is 5.61. The van der Waals surface area contributed by atoms with E-state index in [-0.39, 0.29) is 5.91 Å². The summed E-state index contributed by atoms with van der Waals surface area (Å²) in [5.74, 6) is 0.493. The van der Waals surface area contributed by atoms with Crippen LogP contribution >= 0.6 is 0 Å². The minimum atomic E-state index is -0.613. The van der Waals surface area contributed by atoms with E-state index in [1.165, 1.54) is 0 Å². The molecule has 0 fully saturated rings. The maximum atomic E-state index is 12.5. The number of nitrogens with one attached hydrogen (secondary N) is 1. The van der Waals surface area contributed by atoms with Crippen LogP contribution < -0.4 is 10.1 Å². The quantitative estimate of drug-likeness (QED) is 0.515. The fourth-order valence-electron chi connectivity index (χ4n) is 3.31. The summed E-state index contributed by atoms with van der Waals surface area (Å²) in [5, 5.41) is 5.00. The summed E-state index contributed by atoms with van der Waals surface area (Å²) in [4.78, 5) is 12.5. The zero-order valence-corrected chi connectivity index (χ0v) is 15.6. The van der Waals surface area contributed by atoms with E-state index in [0.29, 0.717) is 11.4 Å². The van der Waals surface area contributed by atoms with Crippen LogP contribution in [0.4, 0.5) is 5.69 Å². The van der Waals surface area contributed by atoms with Crippen LogP contribution in [0.2, 0.25) is 0 Å². The number of carbonyl (C=O) groups excluding carboxylic acids is 1. The van der Waals surface area contributed by atoms with E-state index >= 15 is 0 Å². The van der Waals surface area contributed by atoms with Gasteiger partial charge in [-0.25, -0.2) is 0 Å². The van der Waals surface area contributed by atoms with Crippen molar-refractivity contribution in [1.82, 2.24) is 0 Å². The lowest BCUT2D eigenvalue weighted by atomic mass is 10.1. The zero-order valence-electron chi connectivity index (χ0n) is 15.6. The highest BCUT2D eigenvalue weighted by Gasteiger charge is 2.16. The summed E-state index contributed by atoms with van der Waals surface area (Å²) in [5.41, 5.74) is 4.47. The molecule has 0 aliphatic carbocycles. The van der Waals surface area contributed by atoms with Crippen molar-refractivity contribution in [2.75, 3.05) is 5.32 Å². The molecule has 0 aliphatic rings. The average Bonchev–Trinajstić information content (AvgIpc) is 2.98. The van der Waals surface area contributed by atoms with Crippen LogP contribution in [0.1, 0.15) is 18.1 Å². The number of anilines is 1. The number of rotatable bonds is 4. The molecule has 0 saturated heterocycles. The summed E-state index contributed by atoms with van der Waals surface area (Å²) in [7, 11) is 0. The maximum absolute atomic E-state index is 12.5. The van der Waals surface area contributed by atoms with Crippen molar-refractivity contribution in [3.63, 3.8) is 0 Å². The zero-order chi connectivity index (χ0) is 19.0. The van der Waals surface area contributed by atoms with Crippen molar-refractivity contribution < 1.29 is 13.9 Å². The number of fused-ring (bicyclic) bond motifs is 3. The molecule has 4 aromatic rings. The second-order valence-corrected chi connectivity index (χ2v) is 6.88. The number of amides is 1. The standard InChI is InChI=1S/C23H21NO3/c1-14-10-15(2)12-18(11-14)26-16(3)23(25)24-17-8-9-20-19-6-4-5-7-21(19)27-22(20)13-17/h4-13,16H,1-3H3,(H,24,25)/t16-/m1/s1. The van der Waals surface area contributed by atoms with Gasteiger partial charge in [-0.3, -0.25) is 4.79 Å². The van der Waals surface area contributed by atoms with Crippen LogP contribution in [-0.4, -0.2) is 12.0 Å². The predicted molar refractivity (Wildman–Crippen MR) is 108 cm³/mol. The number of hydrogen-bond acceptors (Lipinski definition) is 3. The molecule has 0 saturated carbocycles. The van der Waals surface area contributed by atoms with Gasteiger partial charge in [0, 0.05) is 22.5 Å². The van der Waals surface area contributed by atoms with Crippen LogP contribution in [0, 0.1) is 13.8 Å². The van der Waals surface area contributed by atoms with Crippen molar-refractivity contribution in [3.05, 3.63) is 71.8 Å². The van der Waals surface area contributed by atoms with Gasteiger partial charge < -0.3 is 14.5 Å². The van der Waals surface area contributed by atoms with E-state index in [2.05, 4.69) is 11.4 Å². The van der Waals surface area contributed by atoms with Crippen molar-refractivity contribution in [2.45, 2.75) is 26.9 Å². The largest absolute Gasteiger partial charge is 0.481 e. The third-order valence-electron chi connectivity index (χ3n) is 4.52. The van der Waals surface area contributed by atoms with E-state index in [1.807, 2.05) is 68.4 Å². The molecular formula is C23H21NO3. The highest BCUT2D eigenvalue weighted by atomic mass is 16.5. The Balaban J connectivity index is 1.52. The van der Waals surface area contributed by atoms with Gasteiger partial charge in [-0.15, -0.1) is 0 Å². The Kier molecular flexibility index (Phi) is 4.32. The molecule has 0 aliphatic heterocycles. The molecule has 0 radical (unpaired) electrons. The van der Waals surface area contributed by atoms with E-state index in [1.54, 1.807) is 6.92 Å². The second-order valence-electron chi connectivity index (χ2n) is 6.88. The summed E-state index contributed by atoms with van der Waals surface area (Å²) < 4.78 is 11.7. The summed E-state index contributed by atoms with van der Waals surface area (Å²) in [6.07, 6.45) is -0.613. The van der Waals surface area contributed by atoms with Gasteiger partial charge in [-0.2, -0.15) is 0 Å². The van der Waals surface area contributed by atoms with Crippen LogP contribution in [0.3, 0.4) is 0 Å². The third-order valence-corrected chi connectivity index (χ3v) is 4.52. The minimum Gasteiger partial charge on any atom is -0.481 e. The first-order valence-corrected chi connectivity index (χ1v) is 8.97. The van der Waals surface area contributed by atoms with E-state index < -0.39 is 6.10 Å². The Morgan fingerprint density at radius 1 is 0.926 bits per heavy atom. The summed E-state index contributed by atoms with van der Waals surface area (Å²) in [6.45, 7) is 5.76. The van der Waals surface area contributed by atoms with Gasteiger partial charge >= 0.3 is 0 Å². The van der Waals surface area contributed by atoms with Crippen molar-refractivity contribution in [3.8, 4) is 5.75 Å². The molecule has 1 heterocycles. The lowest BCUT2D eigenvalue weighted by Gasteiger charge is -2.15. The number of para-hydroxylation sites is 1. The molecule has 0 unspecified atom stereocenters. The lowest BCUT2D eigenvalue weighted by molar-refractivity contribution is -0.122. The normalized spacial score (nSPS) is 12.3. The third kappa shape index (κ3) is 3.51. The monoisotopic (exact) mass is 359 g/mol. The topological polar surface area (TPSA) is 51.5 Å². The Morgan fingerprint density at radius 2 is 1.63 bits per heavy atom. The number of ether oxygens (including phenoxy) is 1. The highest BCUT2D eigenvalue weighted by Crippen LogP contribution is 2.30. The molecular weight excluding hydrogens is 338 g/mol. The molecule has 1 aromatic heterocycles. The highest BCUT2D eigenvalue weighted by molar-refractivity contribution is 6.06. The van der Waals surface area contributed by atoms with Crippen molar-refractivity contribution in [1.29, 1.82) is 0 Å². The SMILES string of the molecule is Cc1cc(C)cc(O[C@H](C)C(=O)Nc2ccc3c(c2)oc2ccccc23)c1. The summed E-state index contributed by atoms with van der Waals surface area (Å²) in [6, 6.07) is 19.5. The number of hydrogen-bond donors (Lipinski definition) is 1. The van der Waals surface area contributed by atoms with Gasteiger partial charge in [0.15, 0.2) is 6.10 Å². The second kappa shape index (κ2) is 6.80. The molecule has 4 heteroatoms.